The van der Waals surface area contributed by atoms with Gasteiger partial charge in [-0.25, -0.2) is 29.9 Å². The first-order valence-electron chi connectivity index (χ1n) is 49.3. The number of phenols is 2. The van der Waals surface area contributed by atoms with Crippen LogP contribution >= 0.6 is 22.7 Å². The number of oxazole rings is 1. The number of anilines is 4. The van der Waals surface area contributed by atoms with Crippen molar-refractivity contribution in [1.29, 1.82) is 0 Å². The highest BCUT2D eigenvalue weighted by atomic mass is 32.1. The molecule has 0 bridgehead atoms. The van der Waals surface area contributed by atoms with E-state index in [1.807, 2.05) is 241 Å². The monoisotopic (exact) mass is 2070 g/mol. The van der Waals surface area contributed by atoms with Gasteiger partial charge in [-0.05, 0) is 200 Å². The number of ether oxygens (including phenoxy) is 11. The molecule has 782 valence electrons. The number of hydrogen-bond donors (Lipinski definition) is 5. The van der Waals surface area contributed by atoms with Crippen LogP contribution in [0.5, 0.6) is 57.8 Å². The summed E-state index contributed by atoms with van der Waals surface area (Å²) in [5, 5.41) is 38.1. The number of aryl methyl sites for hydroxylation is 1. The number of phenolic OH excluding ortho intramolecular Hbond substituents is 2. The van der Waals surface area contributed by atoms with E-state index < -0.39 is 0 Å². The summed E-state index contributed by atoms with van der Waals surface area (Å²) in [5.74, 6) is 5.47. The fraction of sp³-hybridized carbons (Fsp3) is 0.263. The lowest BCUT2D eigenvalue weighted by atomic mass is 10.0. The number of carbonyl (C=O) groups excluding carboxylic acids is 2. The number of amides is 2. The van der Waals surface area contributed by atoms with Crippen LogP contribution in [0.1, 0.15) is 109 Å². The molecule has 0 radical (unpaired) electrons. The zero-order valence-corrected chi connectivity index (χ0v) is 88.8. The van der Waals surface area contributed by atoms with Crippen LogP contribution in [0, 0.1) is 6.92 Å². The summed E-state index contributed by atoms with van der Waals surface area (Å²) >= 11 is 3.14. The molecule has 9 aromatic carbocycles. The SMILES string of the molecule is CCC(C)N(C)C(=O)c1cc2ccccc2c(-c2ccccc2O)n1.CCCOCCOCCOc1ccc(/C=C/c2ccc(NC)cc2)cc1.CCCOCCOCCOc1ccc(/C=C/c2ccc(NC)cc2)cn1.CN(C)c1ncc(/C=C/c2nc3ccc(OCCO)cc3o2)s1.COc1ccc(OC)c(CN(C(C)=O)c2cc(O)ccc2Oc2ccccc2)c1.COc1ccc2c(n1)sc1nc(-c3ccc(C)nc3)cn12. The van der Waals surface area contributed by atoms with Gasteiger partial charge in [-0.3, -0.25) is 19.0 Å². The Morgan fingerprint density at radius 1 is 0.520 bits per heavy atom. The number of nitrogens with one attached hydrogen (secondary N) is 2. The van der Waals surface area contributed by atoms with Crippen LogP contribution in [-0.2, 0) is 30.3 Å². The lowest BCUT2D eigenvalue weighted by molar-refractivity contribution is -0.116. The van der Waals surface area contributed by atoms with E-state index in [9.17, 15) is 19.8 Å². The molecule has 1 atom stereocenters. The van der Waals surface area contributed by atoms with Gasteiger partial charge in [0.2, 0.25) is 23.6 Å². The number of benzene rings is 9. The molecule has 150 heavy (non-hydrogen) atoms. The van der Waals surface area contributed by atoms with Crippen molar-refractivity contribution in [2.75, 3.05) is 156 Å². The third-order valence-electron chi connectivity index (χ3n) is 22.9. The summed E-state index contributed by atoms with van der Waals surface area (Å²) in [4.78, 5) is 64.5. The number of hydrogen-bond acceptors (Lipinski definition) is 29. The first-order chi connectivity index (χ1) is 73.1. The predicted octanol–water partition coefficient (Wildman–Crippen LogP) is 24.3. The average molecular weight is 2070 g/mol. The van der Waals surface area contributed by atoms with Crippen molar-refractivity contribution < 1.29 is 81.4 Å². The second kappa shape index (κ2) is 59.7. The molecule has 0 spiro atoms. The van der Waals surface area contributed by atoms with E-state index in [4.69, 9.17) is 61.6 Å². The van der Waals surface area contributed by atoms with Crippen LogP contribution in [0.4, 0.5) is 22.2 Å². The van der Waals surface area contributed by atoms with Gasteiger partial charge in [0, 0.05) is 161 Å². The number of nitrogens with zero attached hydrogens (tertiary/aromatic N) is 11. The topological polar surface area (TPSA) is 338 Å². The van der Waals surface area contributed by atoms with Gasteiger partial charge < -0.3 is 97.2 Å². The molecule has 30 nitrogen and oxygen atoms in total. The molecular formula is C118H131N13O17S2. The van der Waals surface area contributed by atoms with Crippen molar-refractivity contribution in [1.82, 2.24) is 44.2 Å². The number of aliphatic hydroxyl groups excluding tert-OH is 1. The van der Waals surface area contributed by atoms with E-state index in [0.717, 1.165) is 130 Å². The molecule has 1 unspecified atom stereocenters. The second-order valence-corrected chi connectivity index (χ2v) is 35.9. The molecule has 0 aliphatic rings. The Balaban J connectivity index is 0.000000160. The third kappa shape index (κ3) is 34.5. The summed E-state index contributed by atoms with van der Waals surface area (Å²) in [6.45, 7) is 18.3. The molecule has 8 heterocycles. The fourth-order valence-corrected chi connectivity index (χ4v) is 16.2. The summed E-state index contributed by atoms with van der Waals surface area (Å²) in [6, 6.07) is 77.9. The zero-order chi connectivity index (χ0) is 106. The van der Waals surface area contributed by atoms with Crippen LogP contribution in [0.25, 0.3) is 96.2 Å². The van der Waals surface area contributed by atoms with Crippen molar-refractivity contribution in [3.05, 3.63) is 323 Å². The average Bonchev–Trinajstić information content (AvgIpc) is 1.42. The Morgan fingerprint density at radius 3 is 1.75 bits per heavy atom. The van der Waals surface area contributed by atoms with E-state index in [1.54, 1.807) is 105 Å². The summed E-state index contributed by atoms with van der Waals surface area (Å²) in [7, 11) is 14.3. The van der Waals surface area contributed by atoms with E-state index in [2.05, 4.69) is 125 Å². The number of rotatable bonds is 43. The molecule has 0 aliphatic carbocycles. The van der Waals surface area contributed by atoms with Crippen molar-refractivity contribution >= 4 is 130 Å². The molecule has 5 N–H and O–H groups in total. The highest BCUT2D eigenvalue weighted by Gasteiger charge is 2.24. The highest BCUT2D eigenvalue weighted by Crippen LogP contribution is 2.40. The van der Waals surface area contributed by atoms with Crippen LogP contribution in [0.2, 0.25) is 0 Å². The van der Waals surface area contributed by atoms with Gasteiger partial charge in [-0.1, -0.05) is 159 Å². The van der Waals surface area contributed by atoms with Gasteiger partial charge in [0.1, 0.15) is 76.1 Å². The number of aromatic hydroxyl groups is 2. The Kier molecular flexibility index (Phi) is 44.8. The van der Waals surface area contributed by atoms with Gasteiger partial charge in [0.25, 0.3) is 5.91 Å². The largest absolute Gasteiger partial charge is 0.508 e. The van der Waals surface area contributed by atoms with Crippen LogP contribution in [-0.4, -0.2) is 213 Å². The van der Waals surface area contributed by atoms with Crippen LogP contribution in [0.3, 0.4) is 0 Å². The van der Waals surface area contributed by atoms with Crippen molar-refractivity contribution in [3.63, 3.8) is 0 Å². The summed E-state index contributed by atoms with van der Waals surface area (Å²) in [5.41, 5.74) is 14.9. The maximum atomic E-state index is 12.9. The van der Waals surface area contributed by atoms with Crippen LogP contribution in [0.15, 0.2) is 278 Å². The molecule has 0 fully saturated rings. The van der Waals surface area contributed by atoms with Crippen LogP contribution < -0.4 is 53.6 Å². The smallest absolute Gasteiger partial charge is 0.272 e. The van der Waals surface area contributed by atoms with Gasteiger partial charge in [-0.2, -0.15) is 0 Å². The number of carbonyl (C=O) groups is 2. The summed E-state index contributed by atoms with van der Waals surface area (Å²) in [6.07, 6.45) is 22.5. The number of thiazole rings is 2. The van der Waals surface area contributed by atoms with E-state index in [0.29, 0.717) is 127 Å². The molecule has 32 heteroatoms. The van der Waals surface area contributed by atoms with E-state index in [-0.39, 0.29) is 49.1 Å². The predicted molar refractivity (Wildman–Crippen MR) is 602 cm³/mol. The van der Waals surface area contributed by atoms with Gasteiger partial charge in [0.05, 0.1) is 96.7 Å². The second-order valence-electron chi connectivity index (χ2n) is 33.9. The van der Waals surface area contributed by atoms with E-state index >= 15 is 0 Å². The zero-order valence-electron chi connectivity index (χ0n) is 87.1. The molecule has 17 aromatic rings. The lowest BCUT2D eigenvalue weighted by Crippen LogP contribution is -2.35. The van der Waals surface area contributed by atoms with E-state index in [1.165, 1.54) is 29.5 Å². The quantitative estimate of drug-likeness (QED) is 0.0175. The van der Waals surface area contributed by atoms with Crippen molar-refractivity contribution in [2.45, 2.75) is 73.4 Å². The summed E-state index contributed by atoms with van der Waals surface area (Å²) < 4.78 is 67.8. The lowest BCUT2D eigenvalue weighted by Gasteiger charge is -2.25. The molecule has 0 saturated heterocycles. The molecule has 17 rings (SSSR count). The molecule has 0 aliphatic heterocycles. The molecule has 0 saturated carbocycles. The van der Waals surface area contributed by atoms with Gasteiger partial charge >= 0.3 is 0 Å². The van der Waals surface area contributed by atoms with Crippen molar-refractivity contribution in [3.8, 4) is 80.3 Å². The number of pyridine rings is 4. The van der Waals surface area contributed by atoms with Crippen molar-refractivity contribution in [2.24, 2.45) is 0 Å². The third-order valence-corrected chi connectivity index (χ3v) is 24.9. The van der Waals surface area contributed by atoms with Gasteiger partial charge in [0.15, 0.2) is 21.4 Å². The number of para-hydroxylation sites is 2. The minimum atomic E-state index is -0.210. The number of methoxy groups -OCH3 is 3. The standard InChI is InChI=1S/C23H23NO5.C22H29NO3.C21H28N2O3.C21H22N2O2.C16H17N3O3S.C15H12N4OS/c1-16(25)24(15-17-13-20(27-2)10-12-22(17)28-3)21-14-18(26)9-11-23(21)29-19-7-5-4-6-8-19;1-3-14-24-15-16-25-17-18-26-22-12-8-20(9-13-22)5-4-19-6-10-21(23-2)11-7-19;1-3-12-24-13-14-25-15-16-26-21-11-8-19(17-23-21)5-4-18-6-9-20(22-2)10-7-18;1-4-14(2)23(3)21(25)18-13-15-9-5-6-10-16(15)20(22-18)17-11-7-8-12-19(17)24;1-19(2)16-17-10-12(23-16)4-6-15-18-13-5-3-11(21-8-7-20)9-14(13)22-15;1-9-3-4-10(7-16-9)11-8-19-12-5-6-13(20-2)18-14(12)21-15(19)17-11/h4-14,26H,15H2,1-3H3;4-13,23H,3,14-18H2,1-2H3;4-11,17,22H,3,12-16H2,1-2H3;5-14,24H,4H2,1-3H3;3-6,9-10,20H,7-8H2,1-2H3;3-8H,1-2H3/b;2*5-4+;;6-4+;. The number of fused-ring (bicyclic) bond motifs is 5. The highest BCUT2D eigenvalue weighted by molar-refractivity contribution is 7.23. The Labute approximate surface area is 883 Å². The fourth-order valence-electron chi connectivity index (χ4n) is 14.5. The Bertz CT molecular complexity index is 7010. The molecular weight excluding hydrogens is 1940 g/mol. The molecule has 2 amide bonds. The number of imidazole rings is 1. The Morgan fingerprint density at radius 2 is 1.13 bits per heavy atom. The Hall–Kier alpha value is -16.1. The number of aliphatic hydroxyl groups is 1. The molecule has 8 aromatic heterocycles. The van der Waals surface area contributed by atoms with Gasteiger partial charge in [-0.15, -0.1) is 0 Å². The number of aromatic nitrogens is 8. The minimum Gasteiger partial charge on any atom is -0.508 e. The first-order valence-corrected chi connectivity index (χ1v) is 51.0. The maximum Gasteiger partial charge on any atom is 0.272 e. The maximum absolute atomic E-state index is 12.9. The first kappa shape index (κ1) is 113. The normalized spacial score (nSPS) is 11.2. The minimum absolute atomic E-state index is 0.0216.